The van der Waals surface area contributed by atoms with Crippen LogP contribution in [0.15, 0.2) is 28.3 Å². The summed E-state index contributed by atoms with van der Waals surface area (Å²) in [6.45, 7) is 5.27. The van der Waals surface area contributed by atoms with E-state index in [2.05, 4.69) is 51.1 Å². The van der Waals surface area contributed by atoms with Crippen LogP contribution in [0.1, 0.15) is 35.7 Å². The van der Waals surface area contributed by atoms with Gasteiger partial charge in [0.1, 0.15) is 0 Å². The zero-order valence-corrected chi connectivity index (χ0v) is 13.6. The highest BCUT2D eigenvalue weighted by Crippen LogP contribution is 2.25. The van der Waals surface area contributed by atoms with Crippen molar-refractivity contribution in [3.63, 3.8) is 0 Å². The second kappa shape index (κ2) is 7.12. The van der Waals surface area contributed by atoms with Gasteiger partial charge in [0.05, 0.1) is 11.2 Å². The van der Waals surface area contributed by atoms with Crippen LogP contribution in [0.4, 0.5) is 0 Å². The molecule has 0 aromatic carbocycles. The van der Waals surface area contributed by atoms with E-state index in [1.54, 1.807) is 11.3 Å². The number of hydrogen-bond donors (Lipinski definition) is 1. The number of aromatic nitrogens is 2. The van der Waals surface area contributed by atoms with E-state index in [1.165, 1.54) is 4.88 Å². The Morgan fingerprint density at radius 2 is 2.21 bits per heavy atom. The summed E-state index contributed by atoms with van der Waals surface area (Å²) in [5.41, 5.74) is 4.14. The van der Waals surface area contributed by atoms with Gasteiger partial charge in [-0.25, -0.2) is 4.98 Å². The number of nitrogens with zero attached hydrogens (tertiary/aromatic N) is 2. The third-order valence-corrected chi connectivity index (χ3v) is 4.46. The van der Waals surface area contributed by atoms with Crippen molar-refractivity contribution >= 4 is 27.3 Å². The number of nitrogens with one attached hydrogen (secondary N) is 1. The van der Waals surface area contributed by atoms with Gasteiger partial charge in [0.25, 0.3) is 0 Å². The zero-order chi connectivity index (χ0) is 13.7. The lowest BCUT2D eigenvalue weighted by atomic mass is 10.1. The molecule has 3 nitrogen and oxygen atoms in total. The minimum atomic E-state index is 0.307. The largest absolute Gasteiger partial charge is 0.309 e. The Balaban J connectivity index is 2.14. The molecule has 2 rings (SSSR count). The zero-order valence-electron chi connectivity index (χ0n) is 11.2. The molecule has 0 spiro atoms. The van der Waals surface area contributed by atoms with Crippen LogP contribution in [-0.4, -0.2) is 16.5 Å². The molecule has 2 aromatic rings. The molecule has 0 radical (unpaired) electrons. The molecule has 1 atom stereocenters. The maximum absolute atomic E-state index is 4.46. The Labute approximate surface area is 126 Å². The molecule has 1 N–H and O–H groups in total. The van der Waals surface area contributed by atoms with Gasteiger partial charge in [-0.2, -0.15) is 0 Å². The van der Waals surface area contributed by atoms with Crippen molar-refractivity contribution in [3.8, 4) is 0 Å². The number of halogens is 1. The molecule has 0 amide bonds. The Kier molecular flexibility index (Phi) is 5.48. The molecule has 0 aliphatic rings. The number of aryl methyl sites for hydroxylation is 1. The van der Waals surface area contributed by atoms with Crippen molar-refractivity contribution in [2.75, 3.05) is 6.54 Å². The van der Waals surface area contributed by atoms with Crippen LogP contribution in [0, 0.1) is 6.92 Å². The summed E-state index contributed by atoms with van der Waals surface area (Å²) in [5.74, 6) is 0. The first kappa shape index (κ1) is 14.6. The summed E-state index contributed by atoms with van der Waals surface area (Å²) < 4.78 is 1.02. The highest BCUT2D eigenvalue weighted by molar-refractivity contribution is 9.10. The maximum Gasteiger partial charge on any atom is 0.0798 e. The van der Waals surface area contributed by atoms with E-state index >= 15 is 0 Å². The molecule has 0 aliphatic heterocycles. The molecule has 102 valence electrons. The van der Waals surface area contributed by atoms with Gasteiger partial charge < -0.3 is 5.32 Å². The first-order valence-corrected chi connectivity index (χ1v) is 8.11. The number of rotatable bonds is 6. The predicted octanol–water partition coefficient (Wildman–Crippen LogP) is 3.89. The normalized spacial score (nSPS) is 12.6. The minimum absolute atomic E-state index is 0.307. The molecule has 19 heavy (non-hydrogen) atoms. The van der Waals surface area contributed by atoms with Crippen LogP contribution < -0.4 is 5.32 Å². The van der Waals surface area contributed by atoms with Crippen molar-refractivity contribution in [1.82, 2.24) is 15.3 Å². The third kappa shape index (κ3) is 4.09. The number of pyridine rings is 1. The van der Waals surface area contributed by atoms with Crippen LogP contribution in [0.3, 0.4) is 0 Å². The van der Waals surface area contributed by atoms with Gasteiger partial charge in [-0.05, 0) is 48.0 Å². The van der Waals surface area contributed by atoms with Crippen molar-refractivity contribution in [2.45, 2.75) is 32.7 Å². The van der Waals surface area contributed by atoms with E-state index in [0.29, 0.717) is 6.04 Å². The summed E-state index contributed by atoms with van der Waals surface area (Å²) in [7, 11) is 0. The molecule has 0 saturated carbocycles. The van der Waals surface area contributed by atoms with Gasteiger partial charge in [0.15, 0.2) is 0 Å². The van der Waals surface area contributed by atoms with Crippen LogP contribution in [0.5, 0.6) is 0 Å². The molecule has 2 heterocycles. The van der Waals surface area contributed by atoms with Crippen molar-refractivity contribution in [1.29, 1.82) is 0 Å². The van der Waals surface area contributed by atoms with Gasteiger partial charge in [-0.15, -0.1) is 11.3 Å². The molecule has 0 bridgehead atoms. The highest BCUT2D eigenvalue weighted by atomic mass is 79.9. The first-order valence-electron chi connectivity index (χ1n) is 6.44. The number of thiazole rings is 1. The fourth-order valence-electron chi connectivity index (χ4n) is 1.96. The fourth-order valence-corrected chi connectivity index (χ4v) is 3.07. The molecule has 0 aliphatic carbocycles. The molecule has 0 fully saturated rings. The summed E-state index contributed by atoms with van der Waals surface area (Å²) in [6, 6.07) is 4.42. The maximum atomic E-state index is 4.46. The summed E-state index contributed by atoms with van der Waals surface area (Å²) in [4.78, 5) is 10.1. The Hall–Kier alpha value is -0.780. The van der Waals surface area contributed by atoms with E-state index in [0.717, 1.165) is 35.2 Å². The van der Waals surface area contributed by atoms with E-state index in [-0.39, 0.29) is 0 Å². The highest BCUT2D eigenvalue weighted by Gasteiger charge is 2.16. The van der Waals surface area contributed by atoms with Crippen LogP contribution >= 0.6 is 27.3 Å². The van der Waals surface area contributed by atoms with E-state index in [9.17, 15) is 0 Å². The lowest BCUT2D eigenvalue weighted by molar-refractivity contribution is 0.529. The van der Waals surface area contributed by atoms with Crippen LogP contribution in [0.25, 0.3) is 0 Å². The topological polar surface area (TPSA) is 37.8 Å². The van der Waals surface area contributed by atoms with E-state index in [4.69, 9.17) is 0 Å². The molecule has 0 saturated heterocycles. The quantitative estimate of drug-likeness (QED) is 0.867. The average molecular weight is 340 g/mol. The van der Waals surface area contributed by atoms with Gasteiger partial charge in [-0.1, -0.05) is 6.92 Å². The predicted molar refractivity (Wildman–Crippen MR) is 83.5 cm³/mol. The summed E-state index contributed by atoms with van der Waals surface area (Å²) >= 11 is 5.14. The average Bonchev–Trinajstić information content (AvgIpc) is 2.83. The number of hydrogen-bond acceptors (Lipinski definition) is 4. The SMILES string of the molecule is CCCNC(Cc1ccc(Br)cn1)c1scnc1C. The summed E-state index contributed by atoms with van der Waals surface area (Å²) in [6.07, 6.45) is 3.88. The second-order valence-corrected chi connectivity index (χ2v) is 6.28. The Morgan fingerprint density at radius 3 is 2.79 bits per heavy atom. The standard InChI is InChI=1S/C14H18BrN3S/c1-3-6-16-13(14-10(2)18-9-19-14)7-12-5-4-11(15)8-17-12/h4-5,8-9,13,16H,3,6-7H2,1-2H3. The molecular weight excluding hydrogens is 322 g/mol. The third-order valence-electron chi connectivity index (χ3n) is 2.94. The van der Waals surface area contributed by atoms with Crippen molar-refractivity contribution < 1.29 is 0 Å². The minimum Gasteiger partial charge on any atom is -0.309 e. The molecule has 1 unspecified atom stereocenters. The molecule has 2 aromatic heterocycles. The van der Waals surface area contributed by atoms with Crippen molar-refractivity contribution in [3.05, 3.63) is 44.6 Å². The Bertz CT molecular complexity index is 510. The molecular formula is C14H18BrN3S. The summed E-state index contributed by atoms with van der Waals surface area (Å²) in [5, 5.41) is 3.59. The van der Waals surface area contributed by atoms with Crippen molar-refractivity contribution in [2.24, 2.45) is 0 Å². The van der Waals surface area contributed by atoms with E-state index in [1.807, 2.05) is 17.8 Å². The lowest BCUT2D eigenvalue weighted by Gasteiger charge is -2.17. The fraction of sp³-hybridized carbons (Fsp3) is 0.429. The first-order chi connectivity index (χ1) is 9.20. The van der Waals surface area contributed by atoms with Crippen LogP contribution in [0.2, 0.25) is 0 Å². The van der Waals surface area contributed by atoms with Gasteiger partial charge in [-0.3, -0.25) is 4.98 Å². The van der Waals surface area contributed by atoms with Crippen LogP contribution in [-0.2, 0) is 6.42 Å². The second-order valence-electron chi connectivity index (χ2n) is 4.48. The van der Waals surface area contributed by atoms with Gasteiger partial charge in [0, 0.05) is 33.7 Å². The van der Waals surface area contributed by atoms with Gasteiger partial charge in [0.2, 0.25) is 0 Å². The van der Waals surface area contributed by atoms with Gasteiger partial charge >= 0.3 is 0 Å². The monoisotopic (exact) mass is 339 g/mol. The Morgan fingerprint density at radius 1 is 1.37 bits per heavy atom. The smallest absolute Gasteiger partial charge is 0.0798 e. The lowest BCUT2D eigenvalue weighted by Crippen LogP contribution is -2.24. The molecule has 5 heteroatoms. The van der Waals surface area contributed by atoms with E-state index < -0.39 is 0 Å².